The third-order valence-corrected chi connectivity index (χ3v) is 5.44. The van der Waals surface area contributed by atoms with E-state index in [-0.39, 0.29) is 22.9 Å². The first-order chi connectivity index (χ1) is 12.9. The number of rotatable bonds is 6. The fraction of sp³-hybridized carbons (Fsp3) is 0.222. The van der Waals surface area contributed by atoms with Crippen LogP contribution in [0, 0.1) is 0 Å². The average molecular weight is 388 g/mol. The van der Waals surface area contributed by atoms with Crippen molar-refractivity contribution in [2.45, 2.75) is 23.8 Å². The summed E-state index contributed by atoms with van der Waals surface area (Å²) in [6.45, 7) is 0. The molecule has 1 saturated carbocycles. The molecule has 0 bridgehead atoms. The molecule has 0 aromatic heterocycles. The molecular weight excluding hydrogens is 368 g/mol. The standard InChI is InChI=1S/C18H20N4O4S/c1-19-27(25,26)16-10-2-12(3-11-16)17(23)20-13-4-6-14(7-5-13)21-18(24)22-15-8-9-15/h2-7,10-11,15,19H,8-9H2,1H3,(H,20,23)(H2,21,22,24). The average Bonchev–Trinajstić information content (AvgIpc) is 3.47. The molecule has 8 nitrogen and oxygen atoms in total. The normalized spacial score (nSPS) is 13.7. The number of hydrogen-bond acceptors (Lipinski definition) is 4. The van der Waals surface area contributed by atoms with Crippen molar-refractivity contribution in [1.82, 2.24) is 10.0 Å². The van der Waals surface area contributed by atoms with Crippen LogP contribution in [0.25, 0.3) is 0 Å². The highest BCUT2D eigenvalue weighted by molar-refractivity contribution is 7.89. The Labute approximate surface area is 157 Å². The van der Waals surface area contributed by atoms with E-state index >= 15 is 0 Å². The van der Waals surface area contributed by atoms with E-state index in [1.807, 2.05) is 0 Å². The van der Waals surface area contributed by atoms with Crippen LogP contribution in [0.3, 0.4) is 0 Å². The summed E-state index contributed by atoms with van der Waals surface area (Å²) in [5, 5.41) is 8.27. The molecule has 0 atom stereocenters. The molecule has 2 aromatic rings. The molecule has 0 unspecified atom stereocenters. The van der Waals surface area contributed by atoms with Gasteiger partial charge in [0, 0.05) is 23.0 Å². The summed E-state index contributed by atoms with van der Waals surface area (Å²) in [6, 6.07) is 12.4. The fourth-order valence-electron chi connectivity index (χ4n) is 2.32. The Morgan fingerprint density at radius 3 is 1.96 bits per heavy atom. The highest BCUT2D eigenvalue weighted by atomic mass is 32.2. The van der Waals surface area contributed by atoms with E-state index < -0.39 is 10.0 Å². The van der Waals surface area contributed by atoms with E-state index in [4.69, 9.17) is 0 Å². The summed E-state index contributed by atoms with van der Waals surface area (Å²) < 4.78 is 25.6. The molecule has 0 aliphatic heterocycles. The molecule has 0 saturated heterocycles. The molecule has 3 amide bonds. The number of sulfonamides is 1. The maximum absolute atomic E-state index is 12.3. The molecule has 0 spiro atoms. The maximum Gasteiger partial charge on any atom is 0.319 e. The van der Waals surface area contributed by atoms with Gasteiger partial charge in [-0.25, -0.2) is 17.9 Å². The van der Waals surface area contributed by atoms with Crippen LogP contribution in [-0.2, 0) is 10.0 Å². The van der Waals surface area contributed by atoms with Crippen LogP contribution < -0.4 is 20.7 Å². The van der Waals surface area contributed by atoms with Crippen LogP contribution in [0.5, 0.6) is 0 Å². The molecular formula is C18H20N4O4S. The van der Waals surface area contributed by atoms with Gasteiger partial charge in [-0.1, -0.05) is 0 Å². The van der Waals surface area contributed by atoms with Gasteiger partial charge in [0.25, 0.3) is 5.91 Å². The van der Waals surface area contributed by atoms with Crippen molar-refractivity contribution in [3.8, 4) is 0 Å². The van der Waals surface area contributed by atoms with E-state index in [1.54, 1.807) is 24.3 Å². The van der Waals surface area contributed by atoms with Crippen molar-refractivity contribution in [2.75, 3.05) is 17.7 Å². The fourth-order valence-corrected chi connectivity index (χ4v) is 3.05. The highest BCUT2D eigenvalue weighted by Gasteiger charge is 2.23. The molecule has 27 heavy (non-hydrogen) atoms. The molecule has 0 heterocycles. The molecule has 1 aliphatic carbocycles. The van der Waals surface area contributed by atoms with Crippen LogP contribution in [0.15, 0.2) is 53.4 Å². The minimum atomic E-state index is -3.54. The Bertz CT molecular complexity index is 936. The third-order valence-electron chi connectivity index (χ3n) is 4.01. The molecule has 3 rings (SSSR count). The van der Waals surface area contributed by atoms with Gasteiger partial charge < -0.3 is 16.0 Å². The second-order valence-electron chi connectivity index (χ2n) is 6.14. The number of anilines is 2. The van der Waals surface area contributed by atoms with Crippen LogP contribution in [-0.4, -0.2) is 33.4 Å². The largest absolute Gasteiger partial charge is 0.335 e. The molecule has 1 fully saturated rings. The minimum Gasteiger partial charge on any atom is -0.335 e. The molecule has 1 aliphatic rings. The van der Waals surface area contributed by atoms with Gasteiger partial charge in [-0.2, -0.15) is 0 Å². The van der Waals surface area contributed by atoms with Crippen LogP contribution in [0.2, 0.25) is 0 Å². The van der Waals surface area contributed by atoms with E-state index in [9.17, 15) is 18.0 Å². The number of carbonyl (C=O) groups excluding carboxylic acids is 2. The first-order valence-corrected chi connectivity index (χ1v) is 9.88. The van der Waals surface area contributed by atoms with Crippen molar-refractivity contribution in [3.05, 3.63) is 54.1 Å². The lowest BCUT2D eigenvalue weighted by Gasteiger charge is -2.09. The number of hydrogen-bond donors (Lipinski definition) is 4. The Hall–Kier alpha value is -2.91. The summed E-state index contributed by atoms with van der Waals surface area (Å²) in [4.78, 5) is 24.1. The smallest absolute Gasteiger partial charge is 0.319 e. The summed E-state index contributed by atoms with van der Waals surface area (Å²) >= 11 is 0. The molecule has 0 radical (unpaired) electrons. The molecule has 142 valence electrons. The predicted molar refractivity (Wildman–Crippen MR) is 102 cm³/mol. The summed E-state index contributed by atoms with van der Waals surface area (Å²) in [5.41, 5.74) is 1.50. The van der Waals surface area contributed by atoms with Gasteiger partial charge in [0.2, 0.25) is 10.0 Å². The zero-order chi connectivity index (χ0) is 19.4. The zero-order valence-corrected chi connectivity index (χ0v) is 15.5. The first-order valence-electron chi connectivity index (χ1n) is 8.40. The topological polar surface area (TPSA) is 116 Å². The van der Waals surface area contributed by atoms with E-state index in [0.717, 1.165) is 12.8 Å². The van der Waals surface area contributed by atoms with Gasteiger partial charge >= 0.3 is 6.03 Å². The number of amides is 3. The van der Waals surface area contributed by atoms with E-state index in [0.29, 0.717) is 16.9 Å². The Morgan fingerprint density at radius 1 is 0.889 bits per heavy atom. The van der Waals surface area contributed by atoms with E-state index in [2.05, 4.69) is 20.7 Å². The maximum atomic E-state index is 12.3. The van der Waals surface area contributed by atoms with Gasteiger partial charge in [0.05, 0.1) is 4.90 Å². The highest BCUT2D eigenvalue weighted by Crippen LogP contribution is 2.19. The summed E-state index contributed by atoms with van der Waals surface area (Å²) in [7, 11) is -2.22. The van der Waals surface area contributed by atoms with Crippen LogP contribution in [0.1, 0.15) is 23.2 Å². The van der Waals surface area contributed by atoms with Gasteiger partial charge in [-0.05, 0) is 68.4 Å². The van der Waals surface area contributed by atoms with Gasteiger partial charge in [-0.3, -0.25) is 4.79 Å². The number of urea groups is 1. The molecule has 9 heteroatoms. The lowest BCUT2D eigenvalue weighted by Crippen LogP contribution is -2.30. The minimum absolute atomic E-state index is 0.0847. The lowest BCUT2D eigenvalue weighted by molar-refractivity contribution is 0.102. The van der Waals surface area contributed by atoms with Gasteiger partial charge in [-0.15, -0.1) is 0 Å². The van der Waals surface area contributed by atoms with Crippen molar-refractivity contribution in [3.63, 3.8) is 0 Å². The van der Waals surface area contributed by atoms with Crippen molar-refractivity contribution >= 4 is 33.3 Å². The van der Waals surface area contributed by atoms with Crippen molar-refractivity contribution in [1.29, 1.82) is 0 Å². The molecule has 4 N–H and O–H groups in total. The van der Waals surface area contributed by atoms with Crippen LogP contribution in [0.4, 0.5) is 16.2 Å². The Balaban J connectivity index is 1.59. The number of carbonyl (C=O) groups is 2. The summed E-state index contributed by atoms with van der Waals surface area (Å²) in [6.07, 6.45) is 2.03. The first kappa shape index (κ1) is 18.9. The second kappa shape index (κ2) is 7.77. The third kappa shape index (κ3) is 5.05. The Morgan fingerprint density at radius 2 is 1.44 bits per heavy atom. The predicted octanol–water partition coefficient (Wildman–Crippen LogP) is 2.13. The van der Waals surface area contributed by atoms with Crippen molar-refractivity contribution in [2.24, 2.45) is 0 Å². The Kier molecular flexibility index (Phi) is 5.43. The lowest BCUT2D eigenvalue weighted by atomic mass is 10.2. The zero-order valence-electron chi connectivity index (χ0n) is 14.7. The van der Waals surface area contributed by atoms with Gasteiger partial charge in [0.15, 0.2) is 0 Å². The SMILES string of the molecule is CNS(=O)(=O)c1ccc(C(=O)Nc2ccc(NC(=O)NC3CC3)cc2)cc1. The van der Waals surface area contributed by atoms with Crippen molar-refractivity contribution < 1.29 is 18.0 Å². The number of benzene rings is 2. The number of nitrogens with one attached hydrogen (secondary N) is 4. The second-order valence-corrected chi connectivity index (χ2v) is 8.02. The monoisotopic (exact) mass is 388 g/mol. The molecule has 2 aromatic carbocycles. The van der Waals surface area contributed by atoms with E-state index in [1.165, 1.54) is 31.3 Å². The van der Waals surface area contributed by atoms with Crippen LogP contribution >= 0.6 is 0 Å². The quantitative estimate of drug-likeness (QED) is 0.606. The van der Waals surface area contributed by atoms with Gasteiger partial charge in [0.1, 0.15) is 0 Å². The summed E-state index contributed by atoms with van der Waals surface area (Å²) in [5.74, 6) is -0.365.